The summed E-state index contributed by atoms with van der Waals surface area (Å²) >= 11 is 0. The number of imidazole rings is 1. The predicted molar refractivity (Wildman–Crippen MR) is 95.9 cm³/mol. The topological polar surface area (TPSA) is 56.9 Å². The fraction of sp³-hybridized carbons (Fsp3) is 0.368. The molecule has 3 heterocycles. The smallest absolute Gasteiger partial charge is 0.135 e. The normalized spacial score (nSPS) is 16.8. The molecule has 6 heteroatoms. The van der Waals surface area contributed by atoms with Crippen LogP contribution in [0.3, 0.4) is 0 Å². The van der Waals surface area contributed by atoms with Gasteiger partial charge in [-0.15, -0.1) is 0 Å². The van der Waals surface area contributed by atoms with Gasteiger partial charge in [-0.1, -0.05) is 29.8 Å². The summed E-state index contributed by atoms with van der Waals surface area (Å²) in [6.45, 7) is 5.10. The Bertz CT molecular complexity index is 849. The van der Waals surface area contributed by atoms with E-state index in [2.05, 4.69) is 52.4 Å². The third-order valence-corrected chi connectivity index (χ3v) is 4.51. The van der Waals surface area contributed by atoms with Crippen molar-refractivity contribution in [1.82, 2.24) is 24.6 Å². The zero-order valence-corrected chi connectivity index (χ0v) is 14.6. The molecule has 6 nitrogen and oxygen atoms in total. The highest BCUT2D eigenvalue weighted by molar-refractivity contribution is 5.59. The molecule has 3 aromatic rings. The van der Waals surface area contributed by atoms with Gasteiger partial charge in [0.05, 0.1) is 24.5 Å². The number of nitrogens with one attached hydrogen (secondary N) is 1. The highest BCUT2D eigenvalue weighted by Crippen LogP contribution is 2.22. The van der Waals surface area contributed by atoms with Crippen LogP contribution in [-0.2, 0) is 31.5 Å². The van der Waals surface area contributed by atoms with Crippen LogP contribution >= 0.6 is 0 Å². The molecule has 0 amide bonds. The van der Waals surface area contributed by atoms with E-state index >= 15 is 0 Å². The molecule has 130 valence electrons. The van der Waals surface area contributed by atoms with Crippen molar-refractivity contribution in [3.05, 3.63) is 59.8 Å². The Kier molecular flexibility index (Phi) is 4.38. The first-order valence-electron chi connectivity index (χ1n) is 8.60. The van der Waals surface area contributed by atoms with E-state index < -0.39 is 0 Å². The average molecular weight is 337 g/mol. The predicted octanol–water partition coefficient (Wildman–Crippen LogP) is 2.28. The van der Waals surface area contributed by atoms with E-state index in [9.17, 15) is 0 Å². The lowest BCUT2D eigenvalue weighted by molar-refractivity contribution is 0.00278. The van der Waals surface area contributed by atoms with Crippen LogP contribution < -0.4 is 5.32 Å². The molecule has 1 aliphatic heterocycles. The summed E-state index contributed by atoms with van der Waals surface area (Å²) in [6, 6.07) is 8.49. The summed E-state index contributed by atoms with van der Waals surface area (Å²) in [6.07, 6.45) is 6.20. The molecule has 0 aliphatic carbocycles. The quantitative estimate of drug-likeness (QED) is 0.776. The molecule has 1 atom stereocenters. The molecule has 1 aromatic carbocycles. The van der Waals surface area contributed by atoms with Gasteiger partial charge in [-0.25, -0.2) is 4.98 Å². The Balaban J connectivity index is 1.37. The average Bonchev–Trinajstić information content (AvgIpc) is 3.21. The van der Waals surface area contributed by atoms with Crippen molar-refractivity contribution in [2.24, 2.45) is 7.05 Å². The van der Waals surface area contributed by atoms with Gasteiger partial charge in [-0.2, -0.15) is 5.10 Å². The van der Waals surface area contributed by atoms with Gasteiger partial charge in [-0.05, 0) is 6.92 Å². The molecule has 0 saturated heterocycles. The molecule has 0 saturated carbocycles. The van der Waals surface area contributed by atoms with Gasteiger partial charge in [0.25, 0.3) is 0 Å². The van der Waals surface area contributed by atoms with Gasteiger partial charge in [0.1, 0.15) is 12.4 Å². The molecule has 0 bridgehead atoms. The van der Waals surface area contributed by atoms with Crippen molar-refractivity contribution < 1.29 is 4.74 Å². The highest BCUT2D eigenvalue weighted by atomic mass is 16.5. The lowest BCUT2D eigenvalue weighted by Gasteiger charge is -2.24. The van der Waals surface area contributed by atoms with Gasteiger partial charge in [0, 0.05) is 43.7 Å². The van der Waals surface area contributed by atoms with E-state index in [0.717, 1.165) is 36.7 Å². The molecule has 1 aliphatic rings. The fourth-order valence-electron chi connectivity index (χ4n) is 3.12. The molecule has 0 unspecified atom stereocenters. The SMILES string of the molecule is Cc1ccc(-c2cn3c(n2)CO[C@@H](CNCc2cnn(C)c2)C3)cc1. The van der Waals surface area contributed by atoms with Gasteiger partial charge in [-0.3, -0.25) is 4.68 Å². The number of hydrogen-bond acceptors (Lipinski definition) is 4. The summed E-state index contributed by atoms with van der Waals surface area (Å²) < 4.78 is 9.98. The monoisotopic (exact) mass is 337 g/mol. The number of benzene rings is 1. The summed E-state index contributed by atoms with van der Waals surface area (Å²) in [7, 11) is 1.93. The number of aromatic nitrogens is 4. The van der Waals surface area contributed by atoms with E-state index in [1.54, 1.807) is 0 Å². The van der Waals surface area contributed by atoms with E-state index in [1.165, 1.54) is 11.1 Å². The summed E-state index contributed by atoms with van der Waals surface area (Å²) in [5, 5.41) is 7.63. The molecular formula is C19H23N5O. The fourth-order valence-corrected chi connectivity index (χ4v) is 3.12. The van der Waals surface area contributed by atoms with Crippen LogP contribution in [0.2, 0.25) is 0 Å². The van der Waals surface area contributed by atoms with Gasteiger partial charge < -0.3 is 14.6 Å². The molecule has 0 spiro atoms. The number of nitrogens with zero attached hydrogens (tertiary/aromatic N) is 4. The van der Waals surface area contributed by atoms with Crippen molar-refractivity contribution in [3.63, 3.8) is 0 Å². The second-order valence-electron chi connectivity index (χ2n) is 6.65. The van der Waals surface area contributed by atoms with Crippen LogP contribution in [0.4, 0.5) is 0 Å². The first-order chi connectivity index (χ1) is 12.2. The first kappa shape index (κ1) is 16.1. The first-order valence-corrected chi connectivity index (χ1v) is 8.60. The number of hydrogen-bond donors (Lipinski definition) is 1. The molecule has 1 N–H and O–H groups in total. The highest BCUT2D eigenvalue weighted by Gasteiger charge is 2.21. The third-order valence-electron chi connectivity index (χ3n) is 4.51. The van der Waals surface area contributed by atoms with Gasteiger partial charge in [0.2, 0.25) is 0 Å². The minimum atomic E-state index is 0.157. The van der Waals surface area contributed by atoms with Gasteiger partial charge in [0.15, 0.2) is 0 Å². The van der Waals surface area contributed by atoms with Crippen LogP contribution in [0, 0.1) is 6.92 Å². The lowest BCUT2D eigenvalue weighted by atomic mass is 10.1. The Labute approximate surface area is 147 Å². The number of rotatable bonds is 5. The second kappa shape index (κ2) is 6.82. The molecule has 0 fully saturated rings. The Morgan fingerprint density at radius 3 is 2.84 bits per heavy atom. The van der Waals surface area contributed by atoms with Crippen LogP contribution in [-0.4, -0.2) is 32.0 Å². The van der Waals surface area contributed by atoms with Crippen LogP contribution in [0.5, 0.6) is 0 Å². The maximum Gasteiger partial charge on any atom is 0.135 e. The number of fused-ring (bicyclic) bond motifs is 1. The summed E-state index contributed by atoms with van der Waals surface area (Å²) in [5.74, 6) is 0.999. The second-order valence-corrected chi connectivity index (χ2v) is 6.65. The van der Waals surface area contributed by atoms with E-state index in [1.807, 2.05) is 24.1 Å². The lowest BCUT2D eigenvalue weighted by Crippen LogP contribution is -2.35. The van der Waals surface area contributed by atoms with Gasteiger partial charge >= 0.3 is 0 Å². The Morgan fingerprint density at radius 1 is 1.24 bits per heavy atom. The van der Waals surface area contributed by atoms with Crippen LogP contribution in [0.25, 0.3) is 11.3 Å². The van der Waals surface area contributed by atoms with Crippen molar-refractivity contribution in [2.45, 2.75) is 32.7 Å². The molecular weight excluding hydrogens is 314 g/mol. The zero-order chi connectivity index (χ0) is 17.2. The van der Waals surface area contributed by atoms with Crippen molar-refractivity contribution in [2.75, 3.05) is 6.54 Å². The van der Waals surface area contributed by atoms with Crippen LogP contribution in [0.15, 0.2) is 42.9 Å². The van der Waals surface area contributed by atoms with E-state index in [0.29, 0.717) is 6.61 Å². The molecule has 25 heavy (non-hydrogen) atoms. The Morgan fingerprint density at radius 2 is 2.08 bits per heavy atom. The van der Waals surface area contributed by atoms with E-state index in [-0.39, 0.29) is 6.10 Å². The molecule has 2 aromatic heterocycles. The molecule has 0 radical (unpaired) electrons. The zero-order valence-electron chi connectivity index (χ0n) is 14.6. The number of aryl methyl sites for hydroxylation is 2. The van der Waals surface area contributed by atoms with Crippen LogP contribution in [0.1, 0.15) is 17.0 Å². The third kappa shape index (κ3) is 3.65. The minimum Gasteiger partial charge on any atom is -0.367 e. The maximum absolute atomic E-state index is 5.95. The maximum atomic E-state index is 5.95. The summed E-state index contributed by atoms with van der Waals surface area (Å²) in [4.78, 5) is 4.72. The largest absolute Gasteiger partial charge is 0.367 e. The van der Waals surface area contributed by atoms with Crippen molar-refractivity contribution in [3.8, 4) is 11.3 Å². The Hall–Kier alpha value is -2.44. The van der Waals surface area contributed by atoms with Crippen molar-refractivity contribution in [1.29, 1.82) is 0 Å². The van der Waals surface area contributed by atoms with Crippen molar-refractivity contribution >= 4 is 0 Å². The number of ether oxygens (including phenoxy) is 1. The van der Waals surface area contributed by atoms with E-state index in [4.69, 9.17) is 9.72 Å². The molecule has 4 rings (SSSR count). The standard InChI is InChI=1S/C19H23N5O/c1-14-3-5-16(6-4-14)18-12-24-11-17(25-13-19(24)22-18)9-20-7-15-8-21-23(2)10-15/h3-6,8,10,12,17,20H,7,9,11,13H2,1-2H3/t17-/m0/s1. The summed E-state index contributed by atoms with van der Waals surface area (Å²) in [5.41, 5.74) is 4.61. The minimum absolute atomic E-state index is 0.157.